The zero-order valence-corrected chi connectivity index (χ0v) is 8.80. The average molecular weight is 173 g/mol. The molecule has 0 aromatic carbocycles. The second-order valence-electron chi connectivity index (χ2n) is 3.39. The highest BCUT2D eigenvalue weighted by Crippen LogP contribution is 2.16. The maximum absolute atomic E-state index is 5.84. The number of nitrogens with two attached hydrogens (primary N) is 1. The van der Waals surface area contributed by atoms with Crippen molar-refractivity contribution in [3.63, 3.8) is 0 Å². The maximum atomic E-state index is 5.84. The van der Waals surface area contributed by atoms with Crippen LogP contribution in [0.1, 0.15) is 32.6 Å². The van der Waals surface area contributed by atoms with Gasteiger partial charge in [-0.3, -0.25) is 0 Å². The summed E-state index contributed by atoms with van der Waals surface area (Å²) in [5.74, 6) is 0. The van der Waals surface area contributed by atoms with E-state index in [0.29, 0.717) is 12.1 Å². The van der Waals surface area contributed by atoms with Gasteiger partial charge in [0.25, 0.3) is 0 Å². The monoisotopic (exact) mass is 173 g/mol. The molecule has 11 heavy (non-hydrogen) atoms. The van der Waals surface area contributed by atoms with Gasteiger partial charge in [0.1, 0.15) is 0 Å². The fourth-order valence-corrected chi connectivity index (χ4v) is 2.79. The third-order valence-electron chi connectivity index (χ3n) is 2.36. The van der Waals surface area contributed by atoms with Gasteiger partial charge < -0.3 is 10.2 Å². The minimum Gasteiger partial charge on any atom is -0.421 e. The fourth-order valence-electron chi connectivity index (χ4n) is 1.50. The van der Waals surface area contributed by atoms with Gasteiger partial charge in [0, 0.05) is 12.1 Å². The van der Waals surface area contributed by atoms with Crippen molar-refractivity contribution in [3.05, 3.63) is 0 Å². The van der Waals surface area contributed by atoms with Crippen molar-refractivity contribution < 1.29 is 4.43 Å². The van der Waals surface area contributed by atoms with Crippen LogP contribution < -0.4 is 5.73 Å². The van der Waals surface area contributed by atoms with Gasteiger partial charge in [0.05, 0.1) is 0 Å². The second kappa shape index (κ2) is 4.90. The molecule has 0 saturated carbocycles. The molecule has 1 heterocycles. The molecule has 2 atom stereocenters. The van der Waals surface area contributed by atoms with Gasteiger partial charge in [-0.2, -0.15) is 0 Å². The summed E-state index contributed by atoms with van der Waals surface area (Å²) in [4.78, 5) is 0. The normalized spacial score (nSPS) is 30.5. The minimum atomic E-state index is -0.145. The summed E-state index contributed by atoms with van der Waals surface area (Å²) in [6.07, 6.45) is 5.32. The first-order chi connectivity index (χ1) is 5.33. The first kappa shape index (κ1) is 9.23. The van der Waals surface area contributed by atoms with E-state index in [2.05, 4.69) is 6.92 Å². The van der Waals surface area contributed by atoms with Crippen molar-refractivity contribution in [2.24, 2.45) is 5.73 Å². The van der Waals surface area contributed by atoms with Gasteiger partial charge in [-0.05, 0) is 25.3 Å². The van der Waals surface area contributed by atoms with Crippen molar-refractivity contribution in [1.29, 1.82) is 0 Å². The molecule has 1 fully saturated rings. The first-order valence-electron chi connectivity index (χ1n) is 4.70. The Hall–Kier alpha value is 0.137. The van der Waals surface area contributed by atoms with Gasteiger partial charge in [0.2, 0.25) is 0 Å². The van der Waals surface area contributed by atoms with Crippen LogP contribution in [-0.2, 0) is 4.43 Å². The lowest BCUT2D eigenvalue weighted by molar-refractivity contribution is 0.162. The lowest BCUT2D eigenvalue weighted by Crippen LogP contribution is -2.30. The Balaban J connectivity index is 2.13. The molecule has 2 nitrogen and oxygen atoms in total. The molecule has 0 bridgehead atoms. The molecule has 1 aliphatic heterocycles. The third kappa shape index (κ3) is 3.36. The van der Waals surface area contributed by atoms with Crippen molar-refractivity contribution in [2.75, 3.05) is 0 Å². The molecule has 1 aliphatic rings. The molecular weight excluding hydrogens is 154 g/mol. The van der Waals surface area contributed by atoms with Crippen LogP contribution in [0.5, 0.6) is 0 Å². The summed E-state index contributed by atoms with van der Waals surface area (Å²) in [5.41, 5.74) is 5.84. The minimum absolute atomic E-state index is 0.145. The average Bonchev–Trinajstić information content (AvgIpc) is 2.06. The largest absolute Gasteiger partial charge is 0.421 e. The van der Waals surface area contributed by atoms with Gasteiger partial charge >= 0.3 is 0 Å². The molecule has 1 rings (SSSR count). The van der Waals surface area contributed by atoms with Gasteiger partial charge in [-0.15, -0.1) is 0 Å². The molecule has 0 radical (unpaired) electrons. The van der Waals surface area contributed by atoms with E-state index in [9.17, 15) is 0 Å². The molecule has 2 unspecified atom stereocenters. The van der Waals surface area contributed by atoms with Crippen molar-refractivity contribution in [2.45, 2.75) is 50.8 Å². The Bertz CT molecular complexity index is 104. The SMILES string of the molecule is CCC(N)CC1CCC[SiH2]O1. The first-order valence-corrected chi connectivity index (χ1v) is 6.28. The summed E-state index contributed by atoms with van der Waals surface area (Å²) in [7, 11) is -0.145. The molecule has 2 N–H and O–H groups in total. The second-order valence-corrected chi connectivity index (χ2v) is 4.84. The quantitative estimate of drug-likeness (QED) is 0.641. The van der Waals surface area contributed by atoms with Crippen LogP contribution >= 0.6 is 0 Å². The highest BCUT2D eigenvalue weighted by Gasteiger charge is 2.15. The molecule has 1 saturated heterocycles. The van der Waals surface area contributed by atoms with E-state index < -0.39 is 0 Å². The smallest absolute Gasteiger partial charge is 0.161 e. The van der Waals surface area contributed by atoms with E-state index in [1.807, 2.05) is 0 Å². The Morgan fingerprint density at radius 2 is 2.55 bits per heavy atom. The van der Waals surface area contributed by atoms with Gasteiger partial charge in [-0.25, -0.2) is 0 Å². The van der Waals surface area contributed by atoms with E-state index in [-0.39, 0.29) is 9.76 Å². The number of hydrogen-bond acceptors (Lipinski definition) is 2. The predicted octanol–water partition coefficient (Wildman–Crippen LogP) is 0.795. The molecular formula is C8H19NOSi. The zero-order valence-electron chi connectivity index (χ0n) is 7.38. The summed E-state index contributed by atoms with van der Waals surface area (Å²) in [6.45, 7) is 2.14. The molecule has 66 valence electrons. The zero-order chi connectivity index (χ0) is 8.10. The van der Waals surface area contributed by atoms with E-state index in [0.717, 1.165) is 12.8 Å². The van der Waals surface area contributed by atoms with Crippen LogP contribution in [0.2, 0.25) is 6.04 Å². The van der Waals surface area contributed by atoms with E-state index in [1.165, 1.54) is 18.9 Å². The summed E-state index contributed by atoms with van der Waals surface area (Å²) >= 11 is 0. The summed E-state index contributed by atoms with van der Waals surface area (Å²) in [5, 5.41) is 0. The highest BCUT2D eigenvalue weighted by molar-refractivity contribution is 6.27. The van der Waals surface area contributed by atoms with E-state index in [4.69, 9.17) is 10.2 Å². The topological polar surface area (TPSA) is 35.2 Å². The molecule has 0 aromatic heterocycles. The van der Waals surface area contributed by atoms with Gasteiger partial charge in [-0.1, -0.05) is 13.3 Å². The molecule has 0 spiro atoms. The van der Waals surface area contributed by atoms with Crippen LogP contribution in [0.25, 0.3) is 0 Å². The molecule has 0 aliphatic carbocycles. The lowest BCUT2D eigenvalue weighted by Gasteiger charge is -2.24. The van der Waals surface area contributed by atoms with Crippen LogP contribution in [0, 0.1) is 0 Å². The van der Waals surface area contributed by atoms with Crippen molar-refractivity contribution in [3.8, 4) is 0 Å². The fraction of sp³-hybridized carbons (Fsp3) is 1.00. The van der Waals surface area contributed by atoms with Crippen LogP contribution in [0.3, 0.4) is 0 Å². The highest BCUT2D eigenvalue weighted by atomic mass is 28.2. The maximum Gasteiger partial charge on any atom is 0.161 e. The molecule has 0 aromatic rings. The summed E-state index contributed by atoms with van der Waals surface area (Å²) in [6, 6.07) is 1.74. The Morgan fingerprint density at radius 3 is 3.09 bits per heavy atom. The molecule has 3 heteroatoms. The van der Waals surface area contributed by atoms with Crippen molar-refractivity contribution >= 4 is 9.76 Å². The summed E-state index contributed by atoms with van der Waals surface area (Å²) < 4.78 is 5.71. The third-order valence-corrected chi connectivity index (χ3v) is 3.86. The Labute approximate surface area is 71.4 Å². The Kier molecular flexibility index (Phi) is 4.11. The number of rotatable bonds is 3. The van der Waals surface area contributed by atoms with E-state index >= 15 is 0 Å². The number of hydrogen-bond donors (Lipinski definition) is 1. The van der Waals surface area contributed by atoms with Crippen molar-refractivity contribution in [1.82, 2.24) is 0 Å². The van der Waals surface area contributed by atoms with Crippen LogP contribution in [0.15, 0.2) is 0 Å². The Morgan fingerprint density at radius 1 is 1.73 bits per heavy atom. The van der Waals surface area contributed by atoms with E-state index in [1.54, 1.807) is 0 Å². The van der Waals surface area contributed by atoms with Crippen LogP contribution in [0.4, 0.5) is 0 Å². The molecule has 0 amide bonds. The predicted molar refractivity (Wildman–Crippen MR) is 50.3 cm³/mol. The standard InChI is InChI=1S/C8H19NOSi/c1-2-7(9)6-8-4-3-5-11-10-8/h7-8H,2-6,9,11H2,1H3. The van der Waals surface area contributed by atoms with Gasteiger partial charge in [0.15, 0.2) is 9.76 Å². The lowest BCUT2D eigenvalue weighted by atomic mass is 10.0. The van der Waals surface area contributed by atoms with Crippen LogP contribution in [-0.4, -0.2) is 21.9 Å².